The minimum absolute atomic E-state index is 0.746. The summed E-state index contributed by atoms with van der Waals surface area (Å²) in [6, 6.07) is 11.3. The van der Waals surface area contributed by atoms with E-state index in [2.05, 4.69) is 41.6 Å². The van der Waals surface area contributed by atoms with Gasteiger partial charge in [0.1, 0.15) is 0 Å². The van der Waals surface area contributed by atoms with Gasteiger partial charge in [0, 0.05) is 17.5 Å². The molecule has 0 saturated carbocycles. The van der Waals surface area contributed by atoms with Gasteiger partial charge in [0.05, 0.1) is 0 Å². The van der Waals surface area contributed by atoms with Gasteiger partial charge in [-0.15, -0.1) is 0 Å². The molecule has 1 aromatic rings. The van der Waals surface area contributed by atoms with Gasteiger partial charge in [0.15, 0.2) is 0 Å². The Labute approximate surface area is 93.8 Å². The number of nitrogens with zero attached hydrogens (tertiary/aromatic N) is 1. The smallest absolute Gasteiger partial charge is 0.0195 e. The Balaban J connectivity index is 1.82. The summed E-state index contributed by atoms with van der Waals surface area (Å²) in [7, 11) is 3.76. The maximum absolute atomic E-state index is 2.48. The van der Waals surface area contributed by atoms with Crippen molar-refractivity contribution >= 4 is 21.8 Å². The molecule has 76 valence electrons. The van der Waals surface area contributed by atoms with Crippen LogP contribution >= 0.6 is 21.8 Å². The van der Waals surface area contributed by atoms with E-state index in [1.54, 1.807) is 0 Å². The van der Waals surface area contributed by atoms with Gasteiger partial charge in [-0.3, -0.25) is 0 Å². The Morgan fingerprint density at radius 3 is 2.71 bits per heavy atom. The molecule has 0 amide bonds. The van der Waals surface area contributed by atoms with E-state index < -0.39 is 0 Å². The summed E-state index contributed by atoms with van der Waals surface area (Å²) in [6.45, 7) is 3.55. The highest BCUT2D eigenvalue weighted by atomic mass is 33.1. The van der Waals surface area contributed by atoms with Crippen LogP contribution in [0.15, 0.2) is 35.2 Å². The summed E-state index contributed by atoms with van der Waals surface area (Å²) in [5, 5.41) is 0. The van der Waals surface area contributed by atoms with Crippen molar-refractivity contribution in [3.05, 3.63) is 30.3 Å². The molecule has 1 atom stereocenters. The van der Waals surface area contributed by atoms with Crippen molar-refractivity contribution in [3.63, 3.8) is 0 Å². The molecule has 14 heavy (non-hydrogen) atoms. The molecule has 1 aromatic carbocycles. The van der Waals surface area contributed by atoms with E-state index >= 15 is 0 Å². The molecule has 1 fully saturated rings. The molecule has 0 N–H and O–H groups in total. The summed E-state index contributed by atoms with van der Waals surface area (Å²) < 4.78 is 2.48. The zero-order valence-corrected chi connectivity index (χ0v) is 9.98. The third-order valence-electron chi connectivity index (χ3n) is 2.46. The molecule has 1 saturated heterocycles. The van der Waals surface area contributed by atoms with Gasteiger partial charge in [-0.1, -0.05) is 18.2 Å². The highest BCUT2D eigenvalue weighted by Crippen LogP contribution is 2.37. The van der Waals surface area contributed by atoms with Crippen LogP contribution in [0.4, 0.5) is 0 Å². The van der Waals surface area contributed by atoms with Crippen molar-refractivity contribution < 1.29 is 0 Å². The molecule has 1 aliphatic rings. The SMILES string of the molecule is C[C@H]1CCCN1SSc1ccccc1. The maximum atomic E-state index is 2.48. The van der Waals surface area contributed by atoms with Crippen molar-refractivity contribution in [1.82, 2.24) is 4.31 Å². The van der Waals surface area contributed by atoms with Gasteiger partial charge in [-0.05, 0) is 53.7 Å². The third-order valence-corrected chi connectivity index (χ3v) is 5.11. The van der Waals surface area contributed by atoms with Gasteiger partial charge in [0.25, 0.3) is 0 Å². The summed E-state index contributed by atoms with van der Waals surface area (Å²) in [5.41, 5.74) is 0. The first-order chi connectivity index (χ1) is 6.86. The molecular formula is C11H15NS2. The lowest BCUT2D eigenvalue weighted by molar-refractivity contribution is 0.472. The van der Waals surface area contributed by atoms with Crippen molar-refractivity contribution in [3.8, 4) is 0 Å². The summed E-state index contributed by atoms with van der Waals surface area (Å²) >= 11 is 0. The van der Waals surface area contributed by atoms with E-state index in [1.807, 2.05) is 21.8 Å². The van der Waals surface area contributed by atoms with Crippen molar-refractivity contribution in [2.45, 2.75) is 30.7 Å². The molecule has 0 spiro atoms. The molecule has 2 rings (SSSR count). The lowest BCUT2D eigenvalue weighted by atomic mass is 10.3. The second-order valence-electron chi connectivity index (χ2n) is 3.60. The Morgan fingerprint density at radius 1 is 1.29 bits per heavy atom. The van der Waals surface area contributed by atoms with E-state index in [4.69, 9.17) is 0 Å². The van der Waals surface area contributed by atoms with Gasteiger partial charge >= 0.3 is 0 Å². The number of benzene rings is 1. The third kappa shape index (κ3) is 2.69. The fourth-order valence-corrected chi connectivity index (χ4v) is 4.03. The summed E-state index contributed by atoms with van der Waals surface area (Å²) in [5.74, 6) is 0. The monoisotopic (exact) mass is 225 g/mol. The zero-order chi connectivity index (χ0) is 9.80. The maximum Gasteiger partial charge on any atom is 0.0195 e. The van der Waals surface area contributed by atoms with E-state index in [0.29, 0.717) is 0 Å². The average molecular weight is 225 g/mol. The van der Waals surface area contributed by atoms with Crippen molar-refractivity contribution in [2.75, 3.05) is 6.54 Å². The second-order valence-corrected chi connectivity index (χ2v) is 5.81. The first-order valence-electron chi connectivity index (χ1n) is 5.02. The van der Waals surface area contributed by atoms with E-state index in [0.717, 1.165) is 6.04 Å². The summed E-state index contributed by atoms with van der Waals surface area (Å²) in [6.07, 6.45) is 2.70. The summed E-state index contributed by atoms with van der Waals surface area (Å²) in [4.78, 5) is 1.34. The molecule has 0 bridgehead atoms. The lowest BCUT2D eigenvalue weighted by Crippen LogP contribution is -2.17. The van der Waals surface area contributed by atoms with Crippen LogP contribution in [0.3, 0.4) is 0 Å². The lowest BCUT2D eigenvalue weighted by Gasteiger charge is -2.18. The normalized spacial score (nSPS) is 22.8. The fraction of sp³-hybridized carbons (Fsp3) is 0.455. The van der Waals surface area contributed by atoms with Gasteiger partial charge < -0.3 is 0 Å². The van der Waals surface area contributed by atoms with Crippen LogP contribution in [0.5, 0.6) is 0 Å². The van der Waals surface area contributed by atoms with Crippen LogP contribution in [0.1, 0.15) is 19.8 Å². The topological polar surface area (TPSA) is 3.24 Å². The molecule has 1 nitrogen and oxygen atoms in total. The largest absolute Gasteiger partial charge is 0.238 e. The van der Waals surface area contributed by atoms with E-state index in [1.165, 1.54) is 24.3 Å². The Morgan fingerprint density at radius 2 is 2.07 bits per heavy atom. The molecule has 3 heteroatoms. The molecule has 0 aliphatic carbocycles. The van der Waals surface area contributed by atoms with Crippen LogP contribution in [0.2, 0.25) is 0 Å². The van der Waals surface area contributed by atoms with Crippen LogP contribution < -0.4 is 0 Å². The van der Waals surface area contributed by atoms with Crippen LogP contribution in [-0.4, -0.2) is 16.9 Å². The molecule has 0 aromatic heterocycles. The van der Waals surface area contributed by atoms with Crippen molar-refractivity contribution in [2.24, 2.45) is 0 Å². The number of hydrogen-bond donors (Lipinski definition) is 0. The zero-order valence-electron chi connectivity index (χ0n) is 8.35. The fourth-order valence-electron chi connectivity index (χ4n) is 1.58. The Kier molecular flexibility index (Phi) is 3.79. The molecular weight excluding hydrogens is 210 g/mol. The number of rotatable bonds is 3. The van der Waals surface area contributed by atoms with Gasteiger partial charge in [-0.25, -0.2) is 4.31 Å². The quantitative estimate of drug-likeness (QED) is 0.568. The highest BCUT2D eigenvalue weighted by Gasteiger charge is 2.20. The Bertz CT molecular complexity index is 276. The second kappa shape index (κ2) is 5.10. The number of hydrogen-bond acceptors (Lipinski definition) is 3. The van der Waals surface area contributed by atoms with Gasteiger partial charge in [0.2, 0.25) is 0 Å². The van der Waals surface area contributed by atoms with Crippen LogP contribution in [0, 0.1) is 0 Å². The van der Waals surface area contributed by atoms with Crippen LogP contribution in [-0.2, 0) is 0 Å². The van der Waals surface area contributed by atoms with E-state index in [-0.39, 0.29) is 0 Å². The molecule has 0 radical (unpaired) electrons. The first-order valence-corrected chi connectivity index (χ1v) is 7.13. The van der Waals surface area contributed by atoms with E-state index in [9.17, 15) is 0 Å². The average Bonchev–Trinajstić information content (AvgIpc) is 2.63. The predicted molar refractivity (Wildman–Crippen MR) is 65.3 cm³/mol. The Hall–Kier alpha value is -0.120. The molecule has 0 unspecified atom stereocenters. The minimum atomic E-state index is 0.746. The minimum Gasteiger partial charge on any atom is -0.238 e. The van der Waals surface area contributed by atoms with Crippen molar-refractivity contribution in [1.29, 1.82) is 0 Å². The first kappa shape index (κ1) is 10.4. The van der Waals surface area contributed by atoms with Crippen LogP contribution in [0.25, 0.3) is 0 Å². The predicted octanol–water partition coefficient (Wildman–Crippen LogP) is 3.83. The molecule has 1 heterocycles. The molecule has 1 aliphatic heterocycles. The standard InChI is InChI=1S/C11H15NS2/c1-10-6-5-9-12(10)14-13-11-7-3-2-4-8-11/h2-4,7-8,10H,5-6,9H2,1H3/t10-/m0/s1. The highest BCUT2D eigenvalue weighted by molar-refractivity contribution is 8.75. The van der Waals surface area contributed by atoms with Gasteiger partial charge in [-0.2, -0.15) is 0 Å².